The molecule has 1 heterocycles. The molecule has 0 fully saturated rings. The molecule has 76 valence electrons. The van der Waals surface area contributed by atoms with Crippen LogP contribution in [-0.4, -0.2) is 11.7 Å². The molecule has 0 bridgehead atoms. The van der Waals surface area contributed by atoms with E-state index in [4.69, 9.17) is 4.74 Å². The Morgan fingerprint density at radius 1 is 1.43 bits per heavy atom. The number of aliphatic hydroxyl groups is 1. The molecule has 0 saturated carbocycles. The lowest BCUT2D eigenvalue weighted by molar-refractivity contribution is 0.108. The lowest BCUT2D eigenvalue weighted by atomic mass is 10.0. The van der Waals surface area contributed by atoms with Gasteiger partial charge in [-0.1, -0.05) is 0 Å². The van der Waals surface area contributed by atoms with Crippen LogP contribution < -0.4 is 4.74 Å². The van der Waals surface area contributed by atoms with E-state index in [1.165, 1.54) is 0 Å². The van der Waals surface area contributed by atoms with E-state index in [-0.39, 0.29) is 22.8 Å². The van der Waals surface area contributed by atoms with Gasteiger partial charge in [0.15, 0.2) is 0 Å². The van der Waals surface area contributed by atoms with Gasteiger partial charge in [0.1, 0.15) is 17.4 Å². The van der Waals surface area contributed by atoms with Crippen molar-refractivity contribution in [2.45, 2.75) is 17.4 Å². The molecule has 1 aromatic carbocycles. The zero-order valence-electron chi connectivity index (χ0n) is 7.13. The summed E-state index contributed by atoms with van der Waals surface area (Å²) in [6, 6.07) is 0.707. The number of hydrogen-bond donors (Lipinski definition) is 2. The highest BCUT2D eigenvalue weighted by Crippen LogP contribution is 2.39. The summed E-state index contributed by atoms with van der Waals surface area (Å²) in [4.78, 5) is -0.0554. The molecule has 14 heavy (non-hydrogen) atoms. The molecular weight excluding hydrogens is 210 g/mol. The fourth-order valence-corrected chi connectivity index (χ4v) is 1.72. The first kappa shape index (κ1) is 9.73. The Hall–Kier alpha value is -0.810. The Kier molecular flexibility index (Phi) is 2.36. The molecule has 1 aliphatic rings. The van der Waals surface area contributed by atoms with E-state index < -0.39 is 17.7 Å². The molecule has 1 aromatic rings. The number of rotatable bonds is 0. The van der Waals surface area contributed by atoms with Gasteiger partial charge in [0.05, 0.1) is 23.2 Å². The van der Waals surface area contributed by atoms with Crippen LogP contribution in [0.4, 0.5) is 8.78 Å². The zero-order valence-corrected chi connectivity index (χ0v) is 8.02. The first-order chi connectivity index (χ1) is 6.61. The predicted molar refractivity (Wildman–Crippen MR) is 48.7 cm³/mol. The number of benzene rings is 1. The second-order valence-electron chi connectivity index (χ2n) is 3.08. The number of hydrogen-bond acceptors (Lipinski definition) is 3. The smallest absolute Gasteiger partial charge is 0.144 e. The third kappa shape index (κ3) is 1.36. The Morgan fingerprint density at radius 2 is 2.14 bits per heavy atom. The predicted octanol–water partition coefficient (Wildman–Crippen LogP) is 2.07. The van der Waals surface area contributed by atoms with Gasteiger partial charge in [-0.3, -0.25) is 0 Å². The molecule has 1 unspecified atom stereocenters. The molecule has 1 N–H and O–H groups in total. The molecule has 1 atom stereocenters. The Labute approximate surface area is 84.9 Å². The van der Waals surface area contributed by atoms with Crippen molar-refractivity contribution in [3.8, 4) is 5.75 Å². The third-order valence-corrected chi connectivity index (χ3v) is 2.58. The topological polar surface area (TPSA) is 29.5 Å². The van der Waals surface area contributed by atoms with E-state index in [2.05, 4.69) is 12.6 Å². The fraction of sp³-hybridized carbons (Fsp3) is 0.333. The van der Waals surface area contributed by atoms with Gasteiger partial charge in [-0.2, -0.15) is 0 Å². The van der Waals surface area contributed by atoms with E-state index in [9.17, 15) is 13.9 Å². The van der Waals surface area contributed by atoms with Crippen molar-refractivity contribution in [1.82, 2.24) is 0 Å². The van der Waals surface area contributed by atoms with E-state index in [0.29, 0.717) is 12.5 Å². The first-order valence-corrected chi connectivity index (χ1v) is 4.57. The van der Waals surface area contributed by atoms with E-state index in [0.717, 1.165) is 0 Å². The fourth-order valence-electron chi connectivity index (χ4n) is 1.48. The number of aliphatic hydroxyl groups excluding tert-OH is 1. The average Bonchev–Trinajstić information content (AvgIpc) is 2.14. The lowest BCUT2D eigenvalue weighted by Crippen LogP contribution is -2.16. The first-order valence-electron chi connectivity index (χ1n) is 4.13. The minimum Gasteiger partial charge on any atom is -0.492 e. The summed E-state index contributed by atoms with van der Waals surface area (Å²) in [5.41, 5.74) is 0.00245. The van der Waals surface area contributed by atoms with Gasteiger partial charge in [0.2, 0.25) is 0 Å². The third-order valence-electron chi connectivity index (χ3n) is 2.17. The van der Waals surface area contributed by atoms with Crippen molar-refractivity contribution < 1.29 is 18.6 Å². The number of halogens is 2. The number of fused-ring (bicyclic) bond motifs is 1. The lowest BCUT2D eigenvalue weighted by Gasteiger charge is -2.23. The number of ether oxygens (including phenoxy) is 1. The Morgan fingerprint density at radius 3 is 2.86 bits per heavy atom. The summed E-state index contributed by atoms with van der Waals surface area (Å²) < 4.78 is 31.3. The van der Waals surface area contributed by atoms with Gasteiger partial charge in [0, 0.05) is 12.5 Å². The highest BCUT2D eigenvalue weighted by atomic mass is 32.1. The summed E-state index contributed by atoms with van der Waals surface area (Å²) in [7, 11) is 0. The van der Waals surface area contributed by atoms with Crippen molar-refractivity contribution in [3.05, 3.63) is 23.3 Å². The Bertz CT molecular complexity index is 382. The molecular formula is C9H8F2O2S. The highest BCUT2D eigenvalue weighted by Gasteiger charge is 2.27. The van der Waals surface area contributed by atoms with Crippen molar-refractivity contribution >= 4 is 12.6 Å². The van der Waals surface area contributed by atoms with E-state index >= 15 is 0 Å². The maximum atomic E-state index is 13.2. The van der Waals surface area contributed by atoms with Crippen LogP contribution in [0.2, 0.25) is 0 Å². The van der Waals surface area contributed by atoms with E-state index in [1.807, 2.05) is 0 Å². The van der Waals surface area contributed by atoms with Gasteiger partial charge < -0.3 is 9.84 Å². The number of thiol groups is 1. The van der Waals surface area contributed by atoms with Crippen molar-refractivity contribution in [1.29, 1.82) is 0 Å². The summed E-state index contributed by atoms with van der Waals surface area (Å²) in [6.07, 6.45) is -0.631. The maximum absolute atomic E-state index is 13.2. The van der Waals surface area contributed by atoms with Crippen LogP contribution >= 0.6 is 12.6 Å². The largest absolute Gasteiger partial charge is 0.492 e. The second-order valence-corrected chi connectivity index (χ2v) is 3.53. The molecule has 0 aromatic heterocycles. The molecule has 2 rings (SSSR count). The van der Waals surface area contributed by atoms with Gasteiger partial charge >= 0.3 is 0 Å². The van der Waals surface area contributed by atoms with Crippen LogP contribution in [0.15, 0.2) is 11.0 Å². The SMILES string of the molecule is OC1CCOc2c(S)c(F)cc(F)c21. The monoisotopic (exact) mass is 218 g/mol. The van der Waals surface area contributed by atoms with Crippen molar-refractivity contribution in [3.63, 3.8) is 0 Å². The van der Waals surface area contributed by atoms with Crippen LogP contribution in [0, 0.1) is 11.6 Å². The summed E-state index contributed by atoms with van der Waals surface area (Å²) in [5.74, 6) is -1.55. The van der Waals surface area contributed by atoms with Crippen LogP contribution in [0.5, 0.6) is 5.75 Å². The highest BCUT2D eigenvalue weighted by molar-refractivity contribution is 7.80. The molecule has 0 spiro atoms. The minimum atomic E-state index is -0.940. The molecule has 1 aliphatic heterocycles. The summed E-state index contributed by atoms with van der Waals surface area (Å²) in [5, 5.41) is 9.48. The van der Waals surface area contributed by atoms with Gasteiger partial charge in [-0.25, -0.2) is 8.78 Å². The van der Waals surface area contributed by atoms with Crippen LogP contribution in [-0.2, 0) is 0 Å². The van der Waals surface area contributed by atoms with Crippen molar-refractivity contribution in [2.75, 3.05) is 6.61 Å². The van der Waals surface area contributed by atoms with Crippen LogP contribution in [0.1, 0.15) is 18.1 Å². The van der Waals surface area contributed by atoms with Crippen LogP contribution in [0.25, 0.3) is 0 Å². The van der Waals surface area contributed by atoms with Crippen LogP contribution in [0.3, 0.4) is 0 Å². The quantitative estimate of drug-likeness (QED) is 0.653. The van der Waals surface area contributed by atoms with Crippen molar-refractivity contribution in [2.24, 2.45) is 0 Å². The maximum Gasteiger partial charge on any atom is 0.144 e. The average molecular weight is 218 g/mol. The molecule has 0 aliphatic carbocycles. The van der Waals surface area contributed by atoms with E-state index in [1.54, 1.807) is 0 Å². The molecule has 0 saturated heterocycles. The summed E-state index contributed by atoms with van der Waals surface area (Å²) >= 11 is 3.86. The van der Waals surface area contributed by atoms with Gasteiger partial charge in [-0.05, 0) is 0 Å². The minimum absolute atomic E-state index is 0.00245. The van der Waals surface area contributed by atoms with Gasteiger partial charge in [-0.15, -0.1) is 12.6 Å². The molecule has 2 nitrogen and oxygen atoms in total. The molecule has 0 amide bonds. The molecule has 5 heteroatoms. The normalized spacial score (nSPS) is 20.1. The molecule has 0 radical (unpaired) electrons. The Balaban J connectivity index is 2.66. The van der Waals surface area contributed by atoms with Gasteiger partial charge in [0.25, 0.3) is 0 Å². The zero-order chi connectivity index (χ0) is 10.3. The summed E-state index contributed by atoms with van der Waals surface area (Å²) in [6.45, 7) is 0.241. The second kappa shape index (κ2) is 3.40. The standard InChI is InChI=1S/C9H8F2O2S/c10-4-3-5(11)9(14)8-7(4)6(12)1-2-13-8/h3,6,12,14H,1-2H2.